The first-order valence-corrected chi connectivity index (χ1v) is 7.52. The fourth-order valence-electron chi connectivity index (χ4n) is 2.67. The number of rotatable bonds is 5. The molecule has 0 bridgehead atoms. The van der Waals surface area contributed by atoms with E-state index in [1.54, 1.807) is 24.3 Å². The Morgan fingerprint density at radius 2 is 1.88 bits per heavy atom. The number of ketones is 1. The summed E-state index contributed by atoms with van der Waals surface area (Å²) in [6.45, 7) is 1.52. The topological polar surface area (TPSA) is 68.4 Å². The first-order chi connectivity index (χ1) is 11.6. The van der Waals surface area contributed by atoms with Crippen LogP contribution in [-0.4, -0.2) is 30.5 Å². The summed E-state index contributed by atoms with van der Waals surface area (Å²) in [4.78, 5) is 27.7. The van der Waals surface area contributed by atoms with Crippen molar-refractivity contribution >= 4 is 22.7 Å². The summed E-state index contributed by atoms with van der Waals surface area (Å²) in [7, 11) is 1.52. The zero-order valence-corrected chi connectivity index (χ0v) is 13.5. The lowest BCUT2D eigenvalue weighted by Gasteiger charge is -2.06. The van der Waals surface area contributed by atoms with Crippen LogP contribution in [0.15, 0.2) is 48.5 Å². The predicted molar refractivity (Wildman–Crippen MR) is 90.6 cm³/mol. The lowest BCUT2D eigenvalue weighted by molar-refractivity contribution is 0.0474. The Hall–Kier alpha value is -3.08. The number of benzene rings is 2. The number of hydrogen-bond acceptors (Lipinski definition) is 4. The average Bonchev–Trinajstić information content (AvgIpc) is 2.95. The highest BCUT2D eigenvalue weighted by Gasteiger charge is 2.18. The highest BCUT2D eigenvalue weighted by molar-refractivity contribution is 6.10. The Labute approximate surface area is 139 Å². The van der Waals surface area contributed by atoms with Crippen molar-refractivity contribution in [1.82, 2.24) is 4.98 Å². The van der Waals surface area contributed by atoms with E-state index in [1.165, 1.54) is 7.11 Å². The SMILES string of the molecule is COc1cccc(C(=O)OCC(=O)c2c(C)[nH]c3ccccc23)c1. The number of carbonyl (C=O) groups excluding carboxylic acids is 2. The first kappa shape index (κ1) is 15.8. The number of hydrogen-bond donors (Lipinski definition) is 1. The number of aryl methyl sites for hydroxylation is 1. The fraction of sp³-hybridized carbons (Fsp3) is 0.158. The van der Waals surface area contributed by atoms with E-state index in [9.17, 15) is 9.59 Å². The quantitative estimate of drug-likeness (QED) is 0.576. The van der Waals surface area contributed by atoms with Crippen molar-refractivity contribution in [2.45, 2.75) is 6.92 Å². The third-order valence-corrected chi connectivity index (χ3v) is 3.81. The summed E-state index contributed by atoms with van der Waals surface area (Å²) in [6.07, 6.45) is 0. The largest absolute Gasteiger partial charge is 0.497 e. The summed E-state index contributed by atoms with van der Waals surface area (Å²) in [5.74, 6) is -0.232. The predicted octanol–water partition coefficient (Wildman–Crippen LogP) is 3.52. The molecule has 1 aromatic heterocycles. The van der Waals surface area contributed by atoms with Crippen LogP contribution in [0.4, 0.5) is 0 Å². The van der Waals surface area contributed by atoms with Crippen molar-refractivity contribution in [3.63, 3.8) is 0 Å². The Balaban J connectivity index is 1.75. The van der Waals surface area contributed by atoms with E-state index < -0.39 is 5.97 Å². The van der Waals surface area contributed by atoms with Crippen molar-refractivity contribution in [2.75, 3.05) is 13.7 Å². The lowest BCUT2D eigenvalue weighted by Crippen LogP contribution is -2.15. The molecule has 0 fully saturated rings. The number of Topliss-reactive ketones (excluding diaryl/α,β-unsaturated/α-hetero) is 1. The number of esters is 1. The van der Waals surface area contributed by atoms with Crippen LogP contribution < -0.4 is 4.74 Å². The maximum absolute atomic E-state index is 12.5. The first-order valence-electron chi connectivity index (χ1n) is 7.52. The van der Waals surface area contributed by atoms with Crippen LogP contribution in [0.5, 0.6) is 5.75 Å². The van der Waals surface area contributed by atoms with Gasteiger partial charge in [-0.2, -0.15) is 0 Å². The fourth-order valence-corrected chi connectivity index (χ4v) is 2.67. The minimum absolute atomic E-state index is 0.235. The number of aromatic amines is 1. The zero-order chi connectivity index (χ0) is 17.1. The van der Waals surface area contributed by atoms with Crippen molar-refractivity contribution < 1.29 is 19.1 Å². The molecule has 0 saturated heterocycles. The van der Waals surface area contributed by atoms with Crippen LogP contribution >= 0.6 is 0 Å². The second-order valence-corrected chi connectivity index (χ2v) is 5.40. The van der Waals surface area contributed by atoms with Gasteiger partial charge < -0.3 is 14.5 Å². The molecule has 3 aromatic rings. The maximum atomic E-state index is 12.5. The Morgan fingerprint density at radius 3 is 2.67 bits per heavy atom. The van der Waals surface area contributed by atoms with Gasteiger partial charge in [0.15, 0.2) is 6.61 Å². The second-order valence-electron chi connectivity index (χ2n) is 5.40. The summed E-state index contributed by atoms with van der Waals surface area (Å²) >= 11 is 0. The Bertz CT molecular complexity index is 911. The van der Waals surface area contributed by atoms with Gasteiger partial charge in [-0.05, 0) is 31.2 Å². The molecule has 1 N–H and O–H groups in total. The van der Waals surface area contributed by atoms with Gasteiger partial charge in [0.05, 0.1) is 12.7 Å². The lowest BCUT2D eigenvalue weighted by atomic mass is 10.1. The molecule has 2 aromatic carbocycles. The van der Waals surface area contributed by atoms with Crippen molar-refractivity contribution in [3.05, 3.63) is 65.4 Å². The smallest absolute Gasteiger partial charge is 0.338 e. The van der Waals surface area contributed by atoms with E-state index in [0.717, 1.165) is 16.6 Å². The number of para-hydroxylation sites is 1. The number of fused-ring (bicyclic) bond motifs is 1. The third kappa shape index (κ3) is 3.01. The maximum Gasteiger partial charge on any atom is 0.338 e. The van der Waals surface area contributed by atoms with Crippen molar-refractivity contribution in [2.24, 2.45) is 0 Å². The minimum atomic E-state index is -0.556. The van der Waals surface area contributed by atoms with Crippen LogP contribution in [-0.2, 0) is 4.74 Å². The Kier molecular flexibility index (Phi) is 4.33. The van der Waals surface area contributed by atoms with Gasteiger partial charge in [0.1, 0.15) is 5.75 Å². The van der Waals surface area contributed by atoms with Gasteiger partial charge in [0.25, 0.3) is 0 Å². The molecule has 0 spiro atoms. The van der Waals surface area contributed by atoms with Gasteiger partial charge >= 0.3 is 5.97 Å². The third-order valence-electron chi connectivity index (χ3n) is 3.81. The number of carbonyl (C=O) groups is 2. The molecule has 0 atom stereocenters. The molecule has 0 aliphatic carbocycles. The summed E-state index contributed by atoms with van der Waals surface area (Å²) in [5, 5.41) is 0.831. The van der Waals surface area contributed by atoms with E-state index >= 15 is 0 Å². The molecule has 0 unspecified atom stereocenters. The molecule has 0 aliphatic rings. The zero-order valence-electron chi connectivity index (χ0n) is 13.5. The molecule has 5 heteroatoms. The molecule has 5 nitrogen and oxygen atoms in total. The van der Waals surface area contributed by atoms with Gasteiger partial charge in [0, 0.05) is 22.2 Å². The molecule has 3 rings (SSSR count). The molecular weight excluding hydrogens is 306 g/mol. The van der Waals surface area contributed by atoms with Crippen LogP contribution in [0.1, 0.15) is 26.4 Å². The van der Waals surface area contributed by atoms with Crippen molar-refractivity contribution in [1.29, 1.82) is 0 Å². The number of methoxy groups -OCH3 is 1. The molecular formula is C19H17NO4. The van der Waals surface area contributed by atoms with Crippen LogP contribution in [0.3, 0.4) is 0 Å². The molecule has 24 heavy (non-hydrogen) atoms. The van der Waals surface area contributed by atoms with Crippen LogP contribution in [0.25, 0.3) is 10.9 Å². The standard InChI is InChI=1S/C19H17NO4/c1-12-18(15-8-3-4-9-16(15)20-12)17(21)11-24-19(22)13-6-5-7-14(10-13)23-2/h3-10,20H,11H2,1-2H3. The van der Waals surface area contributed by atoms with Gasteiger partial charge in [-0.1, -0.05) is 24.3 Å². The monoisotopic (exact) mass is 323 g/mol. The molecule has 0 aliphatic heterocycles. The van der Waals surface area contributed by atoms with Gasteiger partial charge in [-0.15, -0.1) is 0 Å². The molecule has 0 radical (unpaired) electrons. The van der Waals surface area contributed by atoms with Gasteiger partial charge in [0.2, 0.25) is 5.78 Å². The van der Waals surface area contributed by atoms with Gasteiger partial charge in [-0.25, -0.2) is 4.79 Å². The van der Waals surface area contributed by atoms with E-state index in [0.29, 0.717) is 16.9 Å². The van der Waals surface area contributed by atoms with E-state index in [4.69, 9.17) is 9.47 Å². The Morgan fingerprint density at radius 1 is 1.08 bits per heavy atom. The summed E-state index contributed by atoms with van der Waals surface area (Å²) in [5.41, 5.74) is 2.55. The number of nitrogens with one attached hydrogen (secondary N) is 1. The highest BCUT2D eigenvalue weighted by Crippen LogP contribution is 2.22. The average molecular weight is 323 g/mol. The van der Waals surface area contributed by atoms with E-state index in [2.05, 4.69) is 4.98 Å². The van der Waals surface area contributed by atoms with Gasteiger partial charge in [-0.3, -0.25) is 4.79 Å². The van der Waals surface area contributed by atoms with E-state index in [1.807, 2.05) is 31.2 Å². The minimum Gasteiger partial charge on any atom is -0.497 e. The number of ether oxygens (including phenoxy) is 2. The molecule has 122 valence electrons. The second kappa shape index (κ2) is 6.58. The molecule has 1 heterocycles. The van der Waals surface area contributed by atoms with Crippen LogP contribution in [0.2, 0.25) is 0 Å². The number of H-pyrrole nitrogens is 1. The highest BCUT2D eigenvalue weighted by atomic mass is 16.5. The molecule has 0 saturated carbocycles. The van der Waals surface area contributed by atoms with E-state index in [-0.39, 0.29) is 12.4 Å². The summed E-state index contributed by atoms with van der Waals surface area (Å²) in [6, 6.07) is 14.2. The van der Waals surface area contributed by atoms with Crippen molar-refractivity contribution in [3.8, 4) is 5.75 Å². The summed E-state index contributed by atoms with van der Waals surface area (Å²) < 4.78 is 10.2. The normalized spacial score (nSPS) is 10.6. The van der Waals surface area contributed by atoms with Crippen LogP contribution in [0, 0.1) is 6.92 Å². The molecule has 0 amide bonds. The number of aromatic nitrogens is 1.